The average Bonchev–Trinajstić information content (AvgIpc) is 3.29. The molecule has 5 rings (SSSR count). The maximum Gasteiger partial charge on any atom is 0.228 e. The van der Waals surface area contributed by atoms with E-state index in [1.54, 1.807) is 18.5 Å². The van der Waals surface area contributed by atoms with E-state index in [-0.39, 0.29) is 5.95 Å². The predicted octanol–water partition coefficient (Wildman–Crippen LogP) is 5.33. The van der Waals surface area contributed by atoms with Gasteiger partial charge < -0.3 is 15.8 Å². The van der Waals surface area contributed by atoms with Crippen LogP contribution in [0.2, 0.25) is 0 Å². The molecule has 0 radical (unpaired) electrons. The summed E-state index contributed by atoms with van der Waals surface area (Å²) in [6.07, 6.45) is 5.27. The van der Waals surface area contributed by atoms with Gasteiger partial charge in [-0.3, -0.25) is 4.68 Å². The summed E-state index contributed by atoms with van der Waals surface area (Å²) in [5.74, 6) is 2.18. The van der Waals surface area contributed by atoms with Crippen LogP contribution >= 0.6 is 0 Å². The molecule has 0 aliphatic carbocycles. The highest BCUT2D eigenvalue weighted by atomic mass is 16.5. The van der Waals surface area contributed by atoms with E-state index >= 15 is 0 Å². The molecule has 2 aromatic carbocycles. The highest BCUT2D eigenvalue weighted by Crippen LogP contribution is 2.39. The number of aromatic nitrogens is 5. The van der Waals surface area contributed by atoms with Crippen LogP contribution in [-0.4, -0.2) is 24.7 Å². The third kappa shape index (κ3) is 4.06. The molecule has 8 heteroatoms. The molecule has 0 unspecified atom stereocenters. The highest BCUT2D eigenvalue weighted by molar-refractivity contribution is 5.99. The van der Waals surface area contributed by atoms with Crippen molar-refractivity contribution in [1.29, 1.82) is 0 Å². The first-order valence-electron chi connectivity index (χ1n) is 10.7. The van der Waals surface area contributed by atoms with Crippen LogP contribution in [0, 0.1) is 6.92 Å². The van der Waals surface area contributed by atoms with E-state index in [1.807, 2.05) is 60.3 Å². The first-order chi connectivity index (χ1) is 16.1. The van der Waals surface area contributed by atoms with Gasteiger partial charge in [-0.05, 0) is 43.7 Å². The summed E-state index contributed by atoms with van der Waals surface area (Å²) in [6.45, 7) is 4.89. The second kappa shape index (κ2) is 8.58. The molecule has 164 valence electrons. The van der Waals surface area contributed by atoms with Gasteiger partial charge >= 0.3 is 0 Å². The van der Waals surface area contributed by atoms with Gasteiger partial charge in [0, 0.05) is 47.7 Å². The van der Waals surface area contributed by atoms with Gasteiger partial charge in [-0.25, -0.2) is 15.0 Å². The van der Waals surface area contributed by atoms with Crippen molar-refractivity contribution in [3.8, 4) is 22.9 Å². The van der Waals surface area contributed by atoms with Crippen molar-refractivity contribution in [3.63, 3.8) is 0 Å². The molecule has 3 N–H and O–H groups in total. The zero-order valence-electron chi connectivity index (χ0n) is 18.4. The van der Waals surface area contributed by atoms with Gasteiger partial charge in [0.25, 0.3) is 0 Å². The van der Waals surface area contributed by atoms with Crippen LogP contribution in [0.3, 0.4) is 0 Å². The quantitative estimate of drug-likeness (QED) is 0.370. The Kier molecular flexibility index (Phi) is 5.32. The number of nitrogens with one attached hydrogen (secondary N) is 1. The molecule has 0 saturated carbocycles. The van der Waals surface area contributed by atoms with Gasteiger partial charge in [0.05, 0.1) is 11.3 Å². The predicted molar refractivity (Wildman–Crippen MR) is 130 cm³/mol. The van der Waals surface area contributed by atoms with Crippen LogP contribution in [0.1, 0.15) is 12.5 Å². The molecule has 3 heterocycles. The summed E-state index contributed by atoms with van der Waals surface area (Å²) in [6, 6.07) is 17.7. The largest absolute Gasteiger partial charge is 0.437 e. The number of hydrogen-bond acceptors (Lipinski definition) is 7. The number of aryl methyl sites for hydroxylation is 2. The molecular formula is C25H23N7O. The zero-order valence-corrected chi connectivity index (χ0v) is 18.4. The van der Waals surface area contributed by atoms with E-state index in [0.29, 0.717) is 11.6 Å². The van der Waals surface area contributed by atoms with E-state index in [9.17, 15) is 0 Å². The second-order valence-electron chi connectivity index (χ2n) is 7.55. The van der Waals surface area contributed by atoms with E-state index in [1.165, 1.54) is 0 Å². The number of ether oxygens (including phenoxy) is 1. The Morgan fingerprint density at radius 2 is 1.88 bits per heavy atom. The van der Waals surface area contributed by atoms with E-state index < -0.39 is 0 Å². The molecule has 0 saturated heterocycles. The fourth-order valence-corrected chi connectivity index (χ4v) is 3.71. The lowest BCUT2D eigenvalue weighted by atomic mass is 10.0. The Labute approximate surface area is 191 Å². The Morgan fingerprint density at radius 1 is 0.970 bits per heavy atom. The van der Waals surface area contributed by atoms with Crippen LogP contribution in [0.25, 0.3) is 22.0 Å². The van der Waals surface area contributed by atoms with E-state index in [2.05, 4.69) is 38.4 Å². The van der Waals surface area contributed by atoms with Crippen molar-refractivity contribution < 1.29 is 4.74 Å². The molecule has 3 aromatic heterocycles. The number of nitrogen functional groups attached to an aromatic ring is 1. The minimum absolute atomic E-state index is 0.199. The second-order valence-corrected chi connectivity index (χ2v) is 7.55. The Hall–Kier alpha value is -4.46. The van der Waals surface area contributed by atoms with Gasteiger partial charge in [0.15, 0.2) is 5.82 Å². The molecule has 0 aliphatic rings. The lowest BCUT2D eigenvalue weighted by Gasteiger charge is -2.15. The van der Waals surface area contributed by atoms with Crippen molar-refractivity contribution in [2.45, 2.75) is 20.4 Å². The lowest BCUT2D eigenvalue weighted by Crippen LogP contribution is -1.99. The summed E-state index contributed by atoms with van der Waals surface area (Å²) in [5, 5.41) is 9.94. The van der Waals surface area contributed by atoms with Gasteiger partial charge in [0.1, 0.15) is 5.75 Å². The Morgan fingerprint density at radius 3 is 2.70 bits per heavy atom. The molecule has 0 spiro atoms. The van der Waals surface area contributed by atoms with Gasteiger partial charge in [0.2, 0.25) is 11.8 Å². The summed E-state index contributed by atoms with van der Waals surface area (Å²) < 4.78 is 8.30. The summed E-state index contributed by atoms with van der Waals surface area (Å²) in [5.41, 5.74) is 9.12. The van der Waals surface area contributed by atoms with E-state index in [4.69, 9.17) is 10.5 Å². The highest BCUT2D eigenvalue weighted by Gasteiger charge is 2.15. The number of rotatable bonds is 6. The van der Waals surface area contributed by atoms with Crippen LogP contribution in [0.15, 0.2) is 73.2 Å². The number of nitrogens with zero attached hydrogens (tertiary/aromatic N) is 5. The van der Waals surface area contributed by atoms with Crippen LogP contribution in [0.5, 0.6) is 11.6 Å². The first kappa shape index (κ1) is 20.4. The number of benzene rings is 2. The van der Waals surface area contributed by atoms with Gasteiger partial charge in [-0.1, -0.05) is 24.3 Å². The minimum atomic E-state index is 0.199. The Balaban J connectivity index is 1.57. The average molecular weight is 438 g/mol. The third-order valence-corrected chi connectivity index (χ3v) is 5.36. The van der Waals surface area contributed by atoms with Crippen LogP contribution < -0.4 is 15.8 Å². The molecule has 0 bridgehead atoms. The van der Waals surface area contributed by atoms with Crippen molar-refractivity contribution >= 4 is 28.2 Å². The topological polar surface area (TPSA) is 104 Å². The van der Waals surface area contributed by atoms with E-state index in [0.717, 1.165) is 45.7 Å². The smallest absolute Gasteiger partial charge is 0.228 e. The monoisotopic (exact) mass is 437 g/mol. The summed E-state index contributed by atoms with van der Waals surface area (Å²) in [7, 11) is 0. The molecule has 0 amide bonds. The number of pyridine rings is 1. The normalized spacial score (nSPS) is 11.0. The first-order valence-corrected chi connectivity index (χ1v) is 10.7. The maximum atomic E-state index is 6.41. The third-order valence-electron chi connectivity index (χ3n) is 5.36. The maximum absolute atomic E-state index is 6.41. The van der Waals surface area contributed by atoms with Crippen molar-refractivity contribution in [2.24, 2.45) is 0 Å². The van der Waals surface area contributed by atoms with Crippen LogP contribution in [-0.2, 0) is 6.54 Å². The number of anilines is 3. The number of fused-ring (bicyclic) bond motifs is 1. The van der Waals surface area contributed by atoms with Crippen molar-refractivity contribution in [2.75, 3.05) is 11.1 Å². The summed E-state index contributed by atoms with van der Waals surface area (Å²) in [4.78, 5) is 12.8. The van der Waals surface area contributed by atoms with Gasteiger partial charge in [-0.15, -0.1) is 0 Å². The number of hydrogen-bond donors (Lipinski definition) is 2. The Bertz CT molecular complexity index is 1440. The molecular weight excluding hydrogens is 414 g/mol. The summed E-state index contributed by atoms with van der Waals surface area (Å²) >= 11 is 0. The molecule has 0 aliphatic heterocycles. The molecule has 33 heavy (non-hydrogen) atoms. The number of nitrogens with two attached hydrogens (primary N) is 1. The van der Waals surface area contributed by atoms with Crippen LogP contribution in [0.4, 0.5) is 17.5 Å². The SMILES string of the molecule is CCn1ccc(Nc2cccc3c(Oc4ncccc4-c4ccnc(N)n4)c(C)ccc23)n1. The standard InChI is InChI=1S/C25H23N7O/c1-3-32-15-12-22(31-32)29-20-8-4-6-18-17(20)10-9-16(2)23(18)33-24-19(7-5-13-27-24)21-11-14-28-25(26)30-21/h4-15H,3H2,1-2H3,(H,29,31)(H2,26,28,30). The molecule has 5 aromatic rings. The zero-order chi connectivity index (χ0) is 22.8. The van der Waals surface area contributed by atoms with Gasteiger partial charge in [-0.2, -0.15) is 5.10 Å². The molecule has 0 fully saturated rings. The minimum Gasteiger partial charge on any atom is -0.437 e. The molecule has 8 nitrogen and oxygen atoms in total. The fourth-order valence-electron chi connectivity index (χ4n) is 3.71. The van der Waals surface area contributed by atoms with Crippen molar-refractivity contribution in [1.82, 2.24) is 24.7 Å². The fraction of sp³-hybridized carbons (Fsp3) is 0.120. The lowest BCUT2D eigenvalue weighted by molar-refractivity contribution is 0.466. The molecule has 0 atom stereocenters. The van der Waals surface area contributed by atoms with Crippen molar-refractivity contribution in [3.05, 3.63) is 78.8 Å².